The van der Waals surface area contributed by atoms with Gasteiger partial charge in [0, 0.05) is 24.7 Å². The fourth-order valence-corrected chi connectivity index (χ4v) is 2.74. The second kappa shape index (κ2) is 3.84. The van der Waals surface area contributed by atoms with Crippen molar-refractivity contribution in [2.75, 3.05) is 0 Å². The van der Waals surface area contributed by atoms with E-state index in [4.69, 9.17) is 0 Å². The first-order valence-electron chi connectivity index (χ1n) is 5.89. The topological polar surface area (TPSA) is 17.1 Å². The van der Waals surface area contributed by atoms with Crippen molar-refractivity contribution in [2.45, 2.75) is 51.4 Å². The van der Waals surface area contributed by atoms with Crippen LogP contribution in [-0.4, -0.2) is 11.7 Å². The lowest BCUT2D eigenvalue weighted by atomic mass is 9.70. The highest BCUT2D eigenvalue weighted by Crippen LogP contribution is 2.45. The molecule has 0 aromatic carbocycles. The number of Topliss-reactive ketones (excluding diaryl/α,β-unsaturated/α-hetero) is 1. The number of halogens is 2. The van der Waals surface area contributed by atoms with Crippen molar-refractivity contribution in [3.05, 3.63) is 0 Å². The van der Waals surface area contributed by atoms with Crippen molar-refractivity contribution in [3.63, 3.8) is 0 Å². The standard InChI is InChI=1S/C12H18F2O/c1-8-2-4-9(5-3-8)11(15)10-6-12(13,14)7-10/h8-10H,2-7H2,1H3/t8-,9+. The average molecular weight is 216 g/mol. The van der Waals surface area contributed by atoms with E-state index < -0.39 is 5.92 Å². The molecule has 2 aliphatic rings. The monoisotopic (exact) mass is 216 g/mol. The molecule has 2 rings (SSSR count). The van der Waals surface area contributed by atoms with Gasteiger partial charge in [0.15, 0.2) is 0 Å². The van der Waals surface area contributed by atoms with E-state index in [2.05, 4.69) is 6.92 Å². The largest absolute Gasteiger partial charge is 0.299 e. The third-order valence-corrected chi connectivity index (χ3v) is 3.91. The lowest BCUT2D eigenvalue weighted by Gasteiger charge is -2.37. The maximum Gasteiger partial charge on any atom is 0.249 e. The van der Waals surface area contributed by atoms with Crippen LogP contribution < -0.4 is 0 Å². The fourth-order valence-electron chi connectivity index (χ4n) is 2.74. The zero-order chi connectivity index (χ0) is 11.1. The van der Waals surface area contributed by atoms with Crippen molar-refractivity contribution in [3.8, 4) is 0 Å². The highest BCUT2D eigenvalue weighted by molar-refractivity contribution is 5.84. The molecule has 0 radical (unpaired) electrons. The van der Waals surface area contributed by atoms with Crippen LogP contribution in [-0.2, 0) is 4.79 Å². The lowest BCUT2D eigenvalue weighted by molar-refractivity contribution is -0.152. The summed E-state index contributed by atoms with van der Waals surface area (Å²) in [6.45, 7) is 2.19. The Morgan fingerprint density at radius 2 is 1.60 bits per heavy atom. The maximum absolute atomic E-state index is 12.6. The van der Waals surface area contributed by atoms with Gasteiger partial charge in [0.1, 0.15) is 5.78 Å². The molecule has 0 amide bonds. The van der Waals surface area contributed by atoms with Gasteiger partial charge in [-0.1, -0.05) is 19.8 Å². The van der Waals surface area contributed by atoms with Crippen LogP contribution in [0.25, 0.3) is 0 Å². The third-order valence-electron chi connectivity index (χ3n) is 3.91. The molecule has 86 valence electrons. The molecule has 0 aromatic heterocycles. The predicted molar refractivity (Wildman–Crippen MR) is 53.8 cm³/mol. The molecule has 0 saturated heterocycles. The summed E-state index contributed by atoms with van der Waals surface area (Å²) in [4.78, 5) is 11.8. The Labute approximate surface area is 89.2 Å². The second-order valence-electron chi connectivity index (χ2n) is 5.32. The summed E-state index contributed by atoms with van der Waals surface area (Å²) < 4.78 is 25.3. The third kappa shape index (κ3) is 2.37. The van der Waals surface area contributed by atoms with Gasteiger partial charge in [-0.3, -0.25) is 4.79 Å². The Morgan fingerprint density at radius 1 is 1.07 bits per heavy atom. The van der Waals surface area contributed by atoms with Gasteiger partial charge in [-0.05, 0) is 18.8 Å². The van der Waals surface area contributed by atoms with Crippen LogP contribution in [0, 0.1) is 17.8 Å². The summed E-state index contributed by atoms with van der Waals surface area (Å²) in [6.07, 6.45) is 3.61. The molecular weight excluding hydrogens is 198 g/mol. The first-order valence-corrected chi connectivity index (χ1v) is 5.89. The Hall–Kier alpha value is -0.470. The summed E-state index contributed by atoms with van der Waals surface area (Å²) in [7, 11) is 0. The number of hydrogen-bond donors (Lipinski definition) is 0. The minimum Gasteiger partial charge on any atom is -0.299 e. The van der Waals surface area contributed by atoms with Crippen molar-refractivity contribution < 1.29 is 13.6 Å². The number of hydrogen-bond acceptors (Lipinski definition) is 1. The van der Waals surface area contributed by atoms with E-state index in [0.29, 0.717) is 5.92 Å². The molecule has 0 bridgehead atoms. The number of carbonyl (C=O) groups is 1. The minimum atomic E-state index is -2.55. The van der Waals surface area contributed by atoms with E-state index >= 15 is 0 Å². The zero-order valence-corrected chi connectivity index (χ0v) is 9.14. The van der Waals surface area contributed by atoms with Crippen LogP contribution in [0.4, 0.5) is 8.78 Å². The van der Waals surface area contributed by atoms with Crippen LogP contribution in [0.2, 0.25) is 0 Å². The van der Waals surface area contributed by atoms with Crippen LogP contribution >= 0.6 is 0 Å². The van der Waals surface area contributed by atoms with E-state index in [1.807, 2.05) is 0 Å². The van der Waals surface area contributed by atoms with E-state index in [1.54, 1.807) is 0 Å². The molecule has 0 atom stereocenters. The number of carbonyl (C=O) groups excluding carboxylic acids is 1. The zero-order valence-electron chi connectivity index (χ0n) is 9.14. The first kappa shape index (κ1) is 11.0. The normalized spacial score (nSPS) is 35.9. The molecule has 0 N–H and O–H groups in total. The average Bonchev–Trinajstić information content (AvgIpc) is 2.14. The summed E-state index contributed by atoms with van der Waals surface area (Å²) in [5, 5.41) is 0. The van der Waals surface area contributed by atoms with Gasteiger partial charge >= 0.3 is 0 Å². The van der Waals surface area contributed by atoms with E-state index in [0.717, 1.165) is 25.7 Å². The Bertz CT molecular complexity index is 246. The fraction of sp³-hybridized carbons (Fsp3) is 0.917. The quantitative estimate of drug-likeness (QED) is 0.691. The van der Waals surface area contributed by atoms with Gasteiger partial charge in [-0.15, -0.1) is 0 Å². The number of rotatable bonds is 2. The molecular formula is C12H18F2O. The van der Waals surface area contributed by atoms with E-state index in [-0.39, 0.29) is 30.5 Å². The smallest absolute Gasteiger partial charge is 0.249 e. The van der Waals surface area contributed by atoms with Crippen LogP contribution in [0.3, 0.4) is 0 Å². The van der Waals surface area contributed by atoms with Gasteiger partial charge in [0.25, 0.3) is 0 Å². The van der Waals surface area contributed by atoms with Crippen molar-refractivity contribution >= 4 is 5.78 Å². The van der Waals surface area contributed by atoms with Gasteiger partial charge in [0.05, 0.1) is 0 Å². The lowest BCUT2D eigenvalue weighted by Crippen LogP contribution is -2.42. The molecule has 3 heteroatoms. The first-order chi connectivity index (χ1) is 6.98. The van der Waals surface area contributed by atoms with Gasteiger partial charge in [0.2, 0.25) is 5.92 Å². The van der Waals surface area contributed by atoms with Gasteiger partial charge < -0.3 is 0 Å². The molecule has 15 heavy (non-hydrogen) atoms. The molecule has 2 saturated carbocycles. The molecule has 2 fully saturated rings. The number of alkyl halides is 2. The molecule has 0 heterocycles. The summed E-state index contributed by atoms with van der Waals surface area (Å²) in [6, 6.07) is 0. The maximum atomic E-state index is 12.6. The second-order valence-corrected chi connectivity index (χ2v) is 5.32. The number of ketones is 1. The van der Waals surface area contributed by atoms with Gasteiger partial charge in [-0.2, -0.15) is 0 Å². The van der Waals surface area contributed by atoms with Crippen LogP contribution in [0.15, 0.2) is 0 Å². The minimum absolute atomic E-state index is 0.0855. The molecule has 0 aromatic rings. The summed E-state index contributed by atoms with van der Waals surface area (Å²) in [5.41, 5.74) is 0. The highest BCUT2D eigenvalue weighted by Gasteiger charge is 2.49. The van der Waals surface area contributed by atoms with E-state index in [1.165, 1.54) is 0 Å². The van der Waals surface area contributed by atoms with Crippen molar-refractivity contribution in [1.82, 2.24) is 0 Å². The summed E-state index contributed by atoms with van der Waals surface area (Å²) >= 11 is 0. The SMILES string of the molecule is C[C@H]1CC[C@@H](C(=O)C2CC(F)(F)C2)CC1. The molecule has 0 spiro atoms. The highest BCUT2D eigenvalue weighted by atomic mass is 19.3. The van der Waals surface area contributed by atoms with E-state index in [9.17, 15) is 13.6 Å². The Kier molecular flexibility index (Phi) is 2.82. The van der Waals surface area contributed by atoms with Crippen LogP contribution in [0.1, 0.15) is 45.4 Å². The van der Waals surface area contributed by atoms with Crippen molar-refractivity contribution in [2.24, 2.45) is 17.8 Å². The predicted octanol–water partition coefficient (Wildman–Crippen LogP) is 3.43. The van der Waals surface area contributed by atoms with Gasteiger partial charge in [-0.25, -0.2) is 8.78 Å². The molecule has 0 unspecified atom stereocenters. The van der Waals surface area contributed by atoms with Crippen molar-refractivity contribution in [1.29, 1.82) is 0 Å². The molecule has 0 aliphatic heterocycles. The molecule has 1 nitrogen and oxygen atoms in total. The Balaban J connectivity index is 1.82. The van der Waals surface area contributed by atoms with Crippen LogP contribution in [0.5, 0.6) is 0 Å². The molecule has 2 aliphatic carbocycles. The summed E-state index contributed by atoms with van der Waals surface area (Å²) in [5.74, 6) is -1.98. The Morgan fingerprint density at radius 3 is 2.07 bits per heavy atom.